The second kappa shape index (κ2) is 7.78. The standard InChI is InChI=1S/C20H19NO8/c1-9-13(18(22)25-3)15(14(10(2)21-9)19(23)26-4)11-6-7-12-17(29-8-28-12)16(11)20(24)27-5/h6-7H,8H2,1-5H3. The number of methoxy groups -OCH3 is 3. The zero-order valence-corrected chi connectivity index (χ0v) is 16.6. The van der Waals surface area contributed by atoms with E-state index in [0.717, 1.165) is 0 Å². The lowest BCUT2D eigenvalue weighted by molar-refractivity contribution is 0.0581. The molecule has 29 heavy (non-hydrogen) atoms. The van der Waals surface area contributed by atoms with Crippen LogP contribution in [0.3, 0.4) is 0 Å². The van der Waals surface area contributed by atoms with E-state index in [2.05, 4.69) is 4.98 Å². The van der Waals surface area contributed by atoms with Gasteiger partial charge in [0.05, 0.1) is 43.8 Å². The predicted molar refractivity (Wildman–Crippen MR) is 99.3 cm³/mol. The van der Waals surface area contributed by atoms with Crippen LogP contribution in [0.2, 0.25) is 0 Å². The van der Waals surface area contributed by atoms with Crippen LogP contribution < -0.4 is 9.47 Å². The second-order valence-electron chi connectivity index (χ2n) is 6.10. The first kappa shape index (κ1) is 20.1. The minimum absolute atomic E-state index is 0.0165. The molecule has 0 bridgehead atoms. The molecular weight excluding hydrogens is 382 g/mol. The predicted octanol–water partition coefficient (Wildman–Crippen LogP) is 2.45. The summed E-state index contributed by atoms with van der Waals surface area (Å²) in [7, 11) is 3.64. The number of ether oxygens (including phenoxy) is 5. The molecule has 1 aliphatic heterocycles. The van der Waals surface area contributed by atoms with Crippen molar-refractivity contribution >= 4 is 17.9 Å². The highest BCUT2D eigenvalue weighted by molar-refractivity contribution is 6.11. The fraction of sp³-hybridized carbons (Fsp3) is 0.300. The zero-order valence-electron chi connectivity index (χ0n) is 16.6. The van der Waals surface area contributed by atoms with E-state index in [4.69, 9.17) is 23.7 Å². The van der Waals surface area contributed by atoms with Crippen LogP contribution in [-0.2, 0) is 14.2 Å². The number of aromatic nitrogens is 1. The number of pyridine rings is 1. The summed E-state index contributed by atoms with van der Waals surface area (Å²) in [6.45, 7) is 3.13. The highest BCUT2D eigenvalue weighted by atomic mass is 16.7. The number of esters is 3. The Morgan fingerprint density at radius 2 is 1.34 bits per heavy atom. The van der Waals surface area contributed by atoms with Gasteiger partial charge in [-0.2, -0.15) is 0 Å². The molecule has 0 N–H and O–H groups in total. The molecule has 0 radical (unpaired) electrons. The maximum absolute atomic E-state index is 12.6. The lowest BCUT2D eigenvalue weighted by Gasteiger charge is -2.19. The number of nitrogens with zero attached hydrogens (tertiary/aromatic N) is 1. The van der Waals surface area contributed by atoms with Crippen molar-refractivity contribution in [3.63, 3.8) is 0 Å². The Kier molecular flexibility index (Phi) is 5.40. The quantitative estimate of drug-likeness (QED) is 0.563. The van der Waals surface area contributed by atoms with Gasteiger partial charge in [0.2, 0.25) is 6.79 Å². The fourth-order valence-electron chi connectivity index (χ4n) is 3.31. The van der Waals surface area contributed by atoms with E-state index in [0.29, 0.717) is 17.1 Å². The topological polar surface area (TPSA) is 110 Å². The van der Waals surface area contributed by atoms with Crippen molar-refractivity contribution in [2.24, 2.45) is 0 Å². The number of rotatable bonds is 4. The highest BCUT2D eigenvalue weighted by Gasteiger charge is 2.33. The van der Waals surface area contributed by atoms with Crippen LogP contribution in [0.4, 0.5) is 0 Å². The molecule has 9 nitrogen and oxygen atoms in total. The van der Waals surface area contributed by atoms with Crippen molar-refractivity contribution < 1.29 is 38.1 Å². The van der Waals surface area contributed by atoms with Crippen LogP contribution in [0, 0.1) is 13.8 Å². The minimum atomic E-state index is -0.721. The molecule has 0 fully saturated rings. The molecule has 2 heterocycles. The van der Waals surface area contributed by atoms with Gasteiger partial charge in [-0.05, 0) is 26.0 Å². The molecular formula is C20H19NO8. The Bertz CT molecular complexity index is 988. The van der Waals surface area contributed by atoms with Gasteiger partial charge < -0.3 is 23.7 Å². The number of hydrogen-bond acceptors (Lipinski definition) is 9. The highest BCUT2D eigenvalue weighted by Crippen LogP contribution is 2.44. The van der Waals surface area contributed by atoms with Crippen molar-refractivity contribution in [1.82, 2.24) is 4.98 Å². The molecule has 0 amide bonds. The lowest BCUT2D eigenvalue weighted by atomic mass is 9.89. The second-order valence-corrected chi connectivity index (χ2v) is 6.10. The summed E-state index contributed by atoms with van der Waals surface area (Å²) in [5, 5.41) is 0. The van der Waals surface area contributed by atoms with E-state index >= 15 is 0 Å². The van der Waals surface area contributed by atoms with E-state index in [9.17, 15) is 14.4 Å². The Hall–Kier alpha value is -3.62. The van der Waals surface area contributed by atoms with Crippen molar-refractivity contribution in [3.8, 4) is 22.6 Å². The normalized spacial score (nSPS) is 11.8. The molecule has 0 saturated carbocycles. The summed E-state index contributed by atoms with van der Waals surface area (Å²) in [6, 6.07) is 3.13. The Morgan fingerprint density at radius 3 is 1.86 bits per heavy atom. The van der Waals surface area contributed by atoms with Crippen LogP contribution in [0.25, 0.3) is 11.1 Å². The first-order valence-corrected chi connectivity index (χ1v) is 8.54. The average Bonchev–Trinajstić information content (AvgIpc) is 3.19. The molecule has 0 saturated heterocycles. The SMILES string of the molecule is COC(=O)c1c(-c2c(C(=O)OC)c(C)nc(C)c2C(=O)OC)ccc2c1OCO2. The monoisotopic (exact) mass is 401 g/mol. The summed E-state index contributed by atoms with van der Waals surface area (Å²) in [6.07, 6.45) is 0. The van der Waals surface area contributed by atoms with Gasteiger partial charge in [-0.3, -0.25) is 4.98 Å². The molecule has 1 aliphatic rings. The Morgan fingerprint density at radius 1 is 0.828 bits per heavy atom. The number of aryl methyl sites for hydroxylation is 2. The Balaban J connectivity index is 2.50. The van der Waals surface area contributed by atoms with E-state index in [-0.39, 0.29) is 40.4 Å². The maximum atomic E-state index is 12.6. The van der Waals surface area contributed by atoms with Crippen LogP contribution in [0.15, 0.2) is 12.1 Å². The van der Waals surface area contributed by atoms with Gasteiger partial charge in [0.25, 0.3) is 0 Å². The summed E-state index contributed by atoms with van der Waals surface area (Å²) in [4.78, 5) is 42.1. The molecule has 0 aliphatic carbocycles. The number of benzene rings is 1. The van der Waals surface area contributed by atoms with Crippen molar-refractivity contribution in [3.05, 3.63) is 40.2 Å². The molecule has 0 unspecified atom stereocenters. The van der Waals surface area contributed by atoms with Crippen LogP contribution in [-0.4, -0.2) is 51.0 Å². The minimum Gasteiger partial charge on any atom is -0.465 e. The van der Waals surface area contributed by atoms with Crippen LogP contribution >= 0.6 is 0 Å². The molecule has 3 rings (SSSR count). The first-order valence-electron chi connectivity index (χ1n) is 8.54. The maximum Gasteiger partial charge on any atom is 0.342 e. The van der Waals surface area contributed by atoms with Crippen LogP contribution in [0.5, 0.6) is 11.5 Å². The fourth-order valence-corrected chi connectivity index (χ4v) is 3.31. The molecule has 1 aromatic carbocycles. The van der Waals surface area contributed by atoms with E-state index in [1.807, 2.05) is 0 Å². The third-order valence-electron chi connectivity index (χ3n) is 4.54. The van der Waals surface area contributed by atoms with Gasteiger partial charge in [-0.1, -0.05) is 0 Å². The van der Waals surface area contributed by atoms with Gasteiger partial charge in [-0.15, -0.1) is 0 Å². The smallest absolute Gasteiger partial charge is 0.342 e. The zero-order chi connectivity index (χ0) is 21.3. The van der Waals surface area contributed by atoms with E-state index < -0.39 is 17.9 Å². The molecule has 2 aromatic rings. The largest absolute Gasteiger partial charge is 0.465 e. The number of hydrogen-bond donors (Lipinski definition) is 0. The summed E-state index contributed by atoms with van der Waals surface area (Å²) >= 11 is 0. The van der Waals surface area contributed by atoms with Crippen molar-refractivity contribution in [1.29, 1.82) is 0 Å². The van der Waals surface area contributed by atoms with Gasteiger partial charge in [0.15, 0.2) is 11.5 Å². The van der Waals surface area contributed by atoms with Gasteiger partial charge in [-0.25, -0.2) is 14.4 Å². The third-order valence-corrected chi connectivity index (χ3v) is 4.54. The number of fused-ring (bicyclic) bond motifs is 1. The van der Waals surface area contributed by atoms with Crippen molar-refractivity contribution in [2.75, 3.05) is 28.1 Å². The Labute approximate surface area is 166 Å². The first-order chi connectivity index (χ1) is 13.8. The molecule has 152 valence electrons. The van der Waals surface area contributed by atoms with E-state index in [1.54, 1.807) is 26.0 Å². The number of carbonyl (C=O) groups is 3. The molecule has 0 spiro atoms. The molecule has 1 aromatic heterocycles. The van der Waals surface area contributed by atoms with Crippen LogP contribution in [0.1, 0.15) is 42.5 Å². The van der Waals surface area contributed by atoms with Gasteiger partial charge in [0.1, 0.15) is 5.56 Å². The molecule has 9 heteroatoms. The third kappa shape index (κ3) is 3.24. The van der Waals surface area contributed by atoms with Crippen molar-refractivity contribution in [2.45, 2.75) is 13.8 Å². The average molecular weight is 401 g/mol. The summed E-state index contributed by atoms with van der Waals surface area (Å²) in [5.74, 6) is -1.66. The lowest BCUT2D eigenvalue weighted by Crippen LogP contribution is -2.17. The van der Waals surface area contributed by atoms with Gasteiger partial charge >= 0.3 is 17.9 Å². The summed E-state index contributed by atoms with van der Waals surface area (Å²) < 4.78 is 25.5. The number of carbonyl (C=O) groups excluding carboxylic acids is 3. The summed E-state index contributed by atoms with van der Waals surface area (Å²) in [5.41, 5.74) is 1.10. The van der Waals surface area contributed by atoms with Gasteiger partial charge in [0, 0.05) is 11.1 Å². The van der Waals surface area contributed by atoms with E-state index in [1.165, 1.54) is 21.3 Å². The molecule has 0 atom stereocenters.